The van der Waals surface area contributed by atoms with Crippen LogP contribution in [0.25, 0.3) is 22.4 Å². The molecule has 2 aromatic carbocycles. The van der Waals surface area contributed by atoms with Crippen LogP contribution in [0.1, 0.15) is 11.1 Å². The number of benzene rings is 2. The fraction of sp³-hybridized carbons (Fsp3) is 0.100. The molecule has 0 aliphatic carbocycles. The van der Waals surface area contributed by atoms with E-state index in [-0.39, 0.29) is 5.56 Å². The normalized spacial score (nSPS) is 11.2. The molecule has 0 saturated carbocycles. The predicted octanol–water partition coefficient (Wildman–Crippen LogP) is 5.06. The van der Waals surface area contributed by atoms with Crippen molar-refractivity contribution in [2.24, 2.45) is 0 Å². The zero-order valence-electron chi connectivity index (χ0n) is 14.0. The van der Waals surface area contributed by atoms with Gasteiger partial charge in [-0.25, -0.2) is 4.98 Å². The molecule has 4 rings (SSSR count). The number of fused-ring (bicyclic) bond motifs is 1. The minimum Gasteiger partial charge on any atom is -0.328 e. The fourth-order valence-corrected chi connectivity index (χ4v) is 3.32. The number of hydrogen-bond donors (Lipinski definition) is 1. The maximum absolute atomic E-state index is 11.4. The van der Waals surface area contributed by atoms with E-state index in [4.69, 9.17) is 28.2 Å². The van der Waals surface area contributed by atoms with Gasteiger partial charge >= 0.3 is 0 Å². The number of halogens is 2. The molecule has 0 unspecified atom stereocenters. The standard InChI is InChI=1S/C20H15Cl2N3O/c1-12-4-2-3-5-14(12)11-25-18-9-16(22)15(21)8-17(18)24-20(25)13-6-7-19(26)23-10-13/h2-10H,11H2,1H3,(H,23,26). The van der Waals surface area contributed by atoms with Crippen molar-refractivity contribution < 1.29 is 0 Å². The number of aryl methyl sites for hydroxylation is 1. The molecular weight excluding hydrogens is 369 g/mol. The topological polar surface area (TPSA) is 50.7 Å². The highest BCUT2D eigenvalue weighted by Gasteiger charge is 2.16. The van der Waals surface area contributed by atoms with Crippen LogP contribution in [0.5, 0.6) is 0 Å². The quantitative estimate of drug-likeness (QED) is 0.537. The molecule has 0 saturated heterocycles. The molecule has 0 amide bonds. The van der Waals surface area contributed by atoms with Crippen LogP contribution >= 0.6 is 23.2 Å². The lowest BCUT2D eigenvalue weighted by Crippen LogP contribution is -2.06. The summed E-state index contributed by atoms with van der Waals surface area (Å²) in [5.41, 5.74) is 4.70. The van der Waals surface area contributed by atoms with Gasteiger partial charge in [-0.15, -0.1) is 0 Å². The van der Waals surface area contributed by atoms with Crippen molar-refractivity contribution in [1.82, 2.24) is 14.5 Å². The van der Waals surface area contributed by atoms with Gasteiger partial charge in [-0.1, -0.05) is 47.5 Å². The second-order valence-corrected chi connectivity index (χ2v) is 6.96. The number of pyridine rings is 1. The summed E-state index contributed by atoms with van der Waals surface area (Å²) >= 11 is 12.4. The van der Waals surface area contributed by atoms with E-state index in [0.717, 1.165) is 22.4 Å². The Bertz CT molecular complexity index is 1160. The van der Waals surface area contributed by atoms with Crippen LogP contribution in [0.2, 0.25) is 10.0 Å². The Hall–Kier alpha value is -2.56. The van der Waals surface area contributed by atoms with E-state index < -0.39 is 0 Å². The molecule has 0 spiro atoms. The summed E-state index contributed by atoms with van der Waals surface area (Å²) in [5.74, 6) is 0.748. The summed E-state index contributed by atoms with van der Waals surface area (Å²) in [7, 11) is 0. The van der Waals surface area contributed by atoms with Gasteiger partial charge in [0.15, 0.2) is 0 Å². The maximum atomic E-state index is 11.4. The third kappa shape index (κ3) is 3.02. The molecule has 26 heavy (non-hydrogen) atoms. The Morgan fingerprint density at radius 1 is 1.08 bits per heavy atom. The number of rotatable bonds is 3. The largest absolute Gasteiger partial charge is 0.328 e. The zero-order valence-corrected chi connectivity index (χ0v) is 15.5. The van der Waals surface area contributed by atoms with E-state index in [0.29, 0.717) is 16.6 Å². The lowest BCUT2D eigenvalue weighted by Gasteiger charge is -2.12. The number of nitrogens with zero attached hydrogens (tertiary/aromatic N) is 2. The highest BCUT2D eigenvalue weighted by atomic mass is 35.5. The number of H-pyrrole nitrogens is 1. The number of hydrogen-bond acceptors (Lipinski definition) is 2. The predicted molar refractivity (Wildman–Crippen MR) is 106 cm³/mol. The summed E-state index contributed by atoms with van der Waals surface area (Å²) in [6, 6.07) is 15.1. The molecule has 130 valence electrons. The Balaban J connectivity index is 1.96. The molecule has 0 atom stereocenters. The third-order valence-electron chi connectivity index (χ3n) is 4.42. The monoisotopic (exact) mass is 383 g/mol. The fourth-order valence-electron chi connectivity index (χ4n) is 3.01. The number of imidazole rings is 1. The van der Waals surface area contributed by atoms with Gasteiger partial charge in [-0.3, -0.25) is 4.79 Å². The van der Waals surface area contributed by atoms with Crippen LogP contribution < -0.4 is 5.56 Å². The van der Waals surface area contributed by atoms with Gasteiger partial charge in [0.1, 0.15) is 5.82 Å². The summed E-state index contributed by atoms with van der Waals surface area (Å²) < 4.78 is 2.09. The van der Waals surface area contributed by atoms with Crippen molar-refractivity contribution in [2.45, 2.75) is 13.5 Å². The molecule has 6 heteroatoms. The lowest BCUT2D eigenvalue weighted by atomic mass is 10.1. The number of aromatic amines is 1. The summed E-state index contributed by atoms with van der Waals surface area (Å²) in [5, 5.41) is 0.950. The molecule has 2 aromatic heterocycles. The van der Waals surface area contributed by atoms with Gasteiger partial charge in [0.05, 0.1) is 21.1 Å². The molecular formula is C20H15Cl2N3O. The van der Waals surface area contributed by atoms with Crippen LogP contribution in [0, 0.1) is 6.92 Å². The minimum atomic E-state index is -0.151. The van der Waals surface area contributed by atoms with Gasteiger partial charge in [0.25, 0.3) is 0 Å². The van der Waals surface area contributed by atoms with E-state index in [1.165, 1.54) is 17.2 Å². The van der Waals surface area contributed by atoms with Crippen LogP contribution in [0.15, 0.2) is 59.5 Å². The molecule has 0 fully saturated rings. The summed E-state index contributed by atoms with van der Waals surface area (Å²) in [6.07, 6.45) is 1.67. The van der Waals surface area contributed by atoms with Crippen LogP contribution in [0.3, 0.4) is 0 Å². The van der Waals surface area contributed by atoms with Gasteiger partial charge in [0, 0.05) is 24.4 Å². The molecule has 0 radical (unpaired) electrons. The number of aromatic nitrogens is 3. The van der Waals surface area contributed by atoms with E-state index in [9.17, 15) is 4.79 Å². The highest BCUT2D eigenvalue weighted by Crippen LogP contribution is 2.31. The molecule has 0 aliphatic rings. The smallest absolute Gasteiger partial charge is 0.247 e. The third-order valence-corrected chi connectivity index (χ3v) is 5.14. The van der Waals surface area contributed by atoms with Crippen molar-refractivity contribution in [1.29, 1.82) is 0 Å². The van der Waals surface area contributed by atoms with Crippen molar-refractivity contribution in [3.63, 3.8) is 0 Å². The van der Waals surface area contributed by atoms with Crippen LogP contribution in [-0.2, 0) is 6.54 Å². The van der Waals surface area contributed by atoms with Gasteiger partial charge in [0.2, 0.25) is 5.56 Å². The first kappa shape index (κ1) is 16.9. The van der Waals surface area contributed by atoms with E-state index in [2.05, 4.69) is 28.6 Å². The van der Waals surface area contributed by atoms with E-state index >= 15 is 0 Å². The minimum absolute atomic E-state index is 0.151. The van der Waals surface area contributed by atoms with Gasteiger partial charge in [-0.2, -0.15) is 0 Å². The van der Waals surface area contributed by atoms with E-state index in [1.807, 2.05) is 18.2 Å². The first-order chi connectivity index (χ1) is 12.5. The van der Waals surface area contributed by atoms with Crippen LogP contribution in [0.4, 0.5) is 0 Å². The molecule has 1 N–H and O–H groups in total. The highest BCUT2D eigenvalue weighted by molar-refractivity contribution is 6.42. The van der Waals surface area contributed by atoms with Crippen molar-refractivity contribution in [3.05, 3.63) is 86.3 Å². The zero-order chi connectivity index (χ0) is 18.3. The summed E-state index contributed by atoms with van der Waals surface area (Å²) in [4.78, 5) is 18.9. The average Bonchev–Trinajstić information content (AvgIpc) is 2.95. The average molecular weight is 384 g/mol. The Morgan fingerprint density at radius 2 is 1.85 bits per heavy atom. The second-order valence-electron chi connectivity index (χ2n) is 6.14. The number of nitrogens with one attached hydrogen (secondary N) is 1. The van der Waals surface area contributed by atoms with E-state index in [1.54, 1.807) is 18.3 Å². The Labute approximate surface area is 160 Å². The van der Waals surface area contributed by atoms with Crippen molar-refractivity contribution in [2.75, 3.05) is 0 Å². The second kappa shape index (κ2) is 6.63. The molecule has 4 aromatic rings. The SMILES string of the molecule is Cc1ccccc1Cn1c(-c2ccc(=O)[nH]c2)nc2cc(Cl)c(Cl)cc21. The lowest BCUT2D eigenvalue weighted by molar-refractivity contribution is 0.827. The molecule has 2 heterocycles. The first-order valence-electron chi connectivity index (χ1n) is 8.12. The van der Waals surface area contributed by atoms with Crippen molar-refractivity contribution >= 4 is 34.2 Å². The Kier molecular flexibility index (Phi) is 4.31. The van der Waals surface area contributed by atoms with Gasteiger partial charge in [-0.05, 0) is 36.2 Å². The Morgan fingerprint density at radius 3 is 2.58 bits per heavy atom. The summed E-state index contributed by atoms with van der Waals surface area (Å²) in [6.45, 7) is 2.72. The maximum Gasteiger partial charge on any atom is 0.247 e. The molecule has 0 bridgehead atoms. The molecule has 4 nitrogen and oxygen atoms in total. The first-order valence-corrected chi connectivity index (χ1v) is 8.87. The molecule has 0 aliphatic heterocycles. The van der Waals surface area contributed by atoms with Gasteiger partial charge < -0.3 is 9.55 Å². The van der Waals surface area contributed by atoms with Crippen LogP contribution in [-0.4, -0.2) is 14.5 Å². The van der Waals surface area contributed by atoms with Crippen molar-refractivity contribution in [3.8, 4) is 11.4 Å².